The molecule has 4 nitrogen and oxygen atoms in total. The number of hydrogen-bond donors (Lipinski definition) is 0. The first-order valence-corrected chi connectivity index (χ1v) is 8.22. The molecule has 2 aliphatic rings. The van der Waals surface area contributed by atoms with E-state index in [2.05, 4.69) is 24.8 Å². The Morgan fingerprint density at radius 1 is 1.00 bits per heavy atom. The molecule has 0 N–H and O–H groups in total. The normalized spacial score (nSPS) is 22.0. The van der Waals surface area contributed by atoms with Gasteiger partial charge in [0.1, 0.15) is 11.6 Å². The molecule has 0 spiro atoms. The fourth-order valence-electron chi connectivity index (χ4n) is 3.32. The standard InChI is InChI=1S/C17H27N3O/c1-17(2,20-11-7-4-8-12-20)13-15(14-18)16(21)19-9-5-3-6-10-19/h13H,3-12H2,1-2H3/b15-13+. The van der Waals surface area contributed by atoms with E-state index in [1.807, 2.05) is 11.0 Å². The minimum absolute atomic E-state index is 0.0812. The molecule has 0 aromatic carbocycles. The summed E-state index contributed by atoms with van der Waals surface area (Å²) in [5, 5.41) is 9.40. The quantitative estimate of drug-likeness (QED) is 0.593. The van der Waals surface area contributed by atoms with Crippen molar-refractivity contribution < 1.29 is 4.79 Å². The average molecular weight is 289 g/mol. The highest BCUT2D eigenvalue weighted by molar-refractivity contribution is 5.97. The molecule has 0 aliphatic carbocycles. The number of amides is 1. The fourth-order valence-corrected chi connectivity index (χ4v) is 3.32. The number of likely N-dealkylation sites (tertiary alicyclic amines) is 2. The number of carbonyl (C=O) groups is 1. The Hall–Kier alpha value is -1.34. The molecule has 2 rings (SSSR count). The lowest BCUT2D eigenvalue weighted by Crippen LogP contribution is -2.46. The van der Waals surface area contributed by atoms with Gasteiger partial charge in [0.25, 0.3) is 5.91 Å². The van der Waals surface area contributed by atoms with Crippen LogP contribution in [0.2, 0.25) is 0 Å². The highest BCUT2D eigenvalue weighted by atomic mass is 16.2. The van der Waals surface area contributed by atoms with Gasteiger partial charge in [0, 0.05) is 18.6 Å². The van der Waals surface area contributed by atoms with Crippen LogP contribution < -0.4 is 0 Å². The number of carbonyl (C=O) groups excluding carboxylic acids is 1. The lowest BCUT2D eigenvalue weighted by atomic mass is 9.95. The lowest BCUT2D eigenvalue weighted by Gasteiger charge is -2.39. The van der Waals surface area contributed by atoms with Crippen LogP contribution in [0.15, 0.2) is 11.6 Å². The molecule has 2 saturated heterocycles. The van der Waals surface area contributed by atoms with E-state index in [1.54, 1.807) is 0 Å². The maximum absolute atomic E-state index is 12.5. The van der Waals surface area contributed by atoms with Crippen molar-refractivity contribution in [3.63, 3.8) is 0 Å². The van der Waals surface area contributed by atoms with Gasteiger partial charge in [0.2, 0.25) is 0 Å². The molecule has 0 atom stereocenters. The zero-order valence-electron chi connectivity index (χ0n) is 13.4. The summed E-state index contributed by atoms with van der Waals surface area (Å²) in [6, 6.07) is 2.14. The van der Waals surface area contributed by atoms with Crippen molar-refractivity contribution in [2.24, 2.45) is 0 Å². The predicted octanol–water partition coefficient (Wildman–Crippen LogP) is 2.71. The second-order valence-electron chi connectivity index (χ2n) is 6.72. The Morgan fingerprint density at radius 3 is 2.05 bits per heavy atom. The van der Waals surface area contributed by atoms with Crippen LogP contribution in [0, 0.1) is 11.3 Å². The van der Waals surface area contributed by atoms with Crippen LogP contribution in [0.5, 0.6) is 0 Å². The van der Waals surface area contributed by atoms with Crippen molar-refractivity contribution in [2.45, 2.75) is 57.9 Å². The zero-order valence-corrected chi connectivity index (χ0v) is 13.4. The van der Waals surface area contributed by atoms with E-state index in [4.69, 9.17) is 0 Å². The first kappa shape index (κ1) is 16.0. The minimum atomic E-state index is -0.225. The second kappa shape index (κ2) is 7.09. The molecule has 4 heteroatoms. The van der Waals surface area contributed by atoms with Gasteiger partial charge in [-0.2, -0.15) is 5.26 Å². The molecular formula is C17H27N3O. The molecule has 0 aromatic heterocycles. The van der Waals surface area contributed by atoms with Crippen LogP contribution in [0.25, 0.3) is 0 Å². The molecular weight excluding hydrogens is 262 g/mol. The Bertz CT molecular complexity index is 435. The predicted molar refractivity (Wildman–Crippen MR) is 83.6 cm³/mol. The summed E-state index contributed by atoms with van der Waals surface area (Å²) in [6.07, 6.45) is 8.89. The fraction of sp³-hybridized carbons (Fsp3) is 0.765. The van der Waals surface area contributed by atoms with E-state index in [9.17, 15) is 10.1 Å². The number of rotatable bonds is 3. The summed E-state index contributed by atoms with van der Waals surface area (Å²) < 4.78 is 0. The Labute approximate surface area is 128 Å². The summed E-state index contributed by atoms with van der Waals surface area (Å²) in [6.45, 7) is 7.92. The first-order chi connectivity index (χ1) is 10.0. The summed E-state index contributed by atoms with van der Waals surface area (Å²) in [7, 11) is 0. The molecule has 2 fully saturated rings. The van der Waals surface area contributed by atoms with Crippen molar-refractivity contribution in [3.05, 3.63) is 11.6 Å². The van der Waals surface area contributed by atoms with Crippen LogP contribution in [-0.2, 0) is 4.79 Å². The average Bonchev–Trinajstić information content (AvgIpc) is 2.53. The van der Waals surface area contributed by atoms with Gasteiger partial charge in [-0.05, 0) is 65.1 Å². The molecule has 116 valence electrons. The largest absolute Gasteiger partial charge is 0.338 e. The summed E-state index contributed by atoms with van der Waals surface area (Å²) in [5.74, 6) is -0.0812. The van der Waals surface area contributed by atoms with E-state index in [-0.39, 0.29) is 11.4 Å². The summed E-state index contributed by atoms with van der Waals surface area (Å²) in [4.78, 5) is 16.7. The first-order valence-electron chi connectivity index (χ1n) is 8.22. The third-order valence-electron chi connectivity index (χ3n) is 4.66. The third-order valence-corrected chi connectivity index (χ3v) is 4.66. The molecule has 2 heterocycles. The SMILES string of the molecule is CC(C)(/C=C(\C#N)C(=O)N1CCCCC1)N1CCCCC1. The van der Waals surface area contributed by atoms with Crippen molar-refractivity contribution in [1.82, 2.24) is 9.80 Å². The van der Waals surface area contributed by atoms with Crippen molar-refractivity contribution in [1.29, 1.82) is 5.26 Å². The summed E-state index contributed by atoms with van der Waals surface area (Å²) >= 11 is 0. The van der Waals surface area contributed by atoms with Gasteiger partial charge in [0.05, 0.1) is 0 Å². The van der Waals surface area contributed by atoms with Crippen LogP contribution in [0.4, 0.5) is 0 Å². The van der Waals surface area contributed by atoms with Gasteiger partial charge >= 0.3 is 0 Å². The zero-order chi connectivity index (χ0) is 15.3. The van der Waals surface area contributed by atoms with Crippen LogP contribution in [-0.4, -0.2) is 47.4 Å². The Kier molecular flexibility index (Phi) is 5.41. The third kappa shape index (κ3) is 4.07. The number of piperidine rings is 2. The van der Waals surface area contributed by atoms with E-state index in [0.29, 0.717) is 5.57 Å². The van der Waals surface area contributed by atoms with Crippen molar-refractivity contribution in [2.75, 3.05) is 26.2 Å². The van der Waals surface area contributed by atoms with E-state index in [1.165, 1.54) is 25.7 Å². The molecule has 0 unspecified atom stereocenters. The van der Waals surface area contributed by atoms with Crippen molar-refractivity contribution in [3.8, 4) is 6.07 Å². The maximum atomic E-state index is 12.5. The Morgan fingerprint density at radius 2 is 1.52 bits per heavy atom. The number of nitrogens with zero attached hydrogens (tertiary/aromatic N) is 3. The highest BCUT2D eigenvalue weighted by Gasteiger charge is 2.29. The molecule has 0 saturated carbocycles. The molecule has 0 radical (unpaired) electrons. The molecule has 2 aliphatic heterocycles. The van der Waals surface area contributed by atoms with Crippen LogP contribution in [0.1, 0.15) is 52.4 Å². The molecule has 0 aromatic rings. The number of nitriles is 1. The molecule has 0 bridgehead atoms. The van der Waals surface area contributed by atoms with Gasteiger partial charge in [-0.25, -0.2) is 0 Å². The van der Waals surface area contributed by atoms with Gasteiger partial charge in [-0.1, -0.05) is 6.42 Å². The van der Waals surface area contributed by atoms with Crippen LogP contribution >= 0.6 is 0 Å². The molecule has 1 amide bonds. The monoisotopic (exact) mass is 289 g/mol. The summed E-state index contributed by atoms with van der Waals surface area (Å²) in [5.41, 5.74) is 0.0872. The van der Waals surface area contributed by atoms with E-state index in [0.717, 1.165) is 39.0 Å². The van der Waals surface area contributed by atoms with Gasteiger partial charge < -0.3 is 4.90 Å². The maximum Gasteiger partial charge on any atom is 0.264 e. The lowest BCUT2D eigenvalue weighted by molar-refractivity contribution is -0.127. The van der Waals surface area contributed by atoms with Gasteiger partial charge in [0.15, 0.2) is 0 Å². The van der Waals surface area contributed by atoms with Crippen molar-refractivity contribution >= 4 is 5.91 Å². The van der Waals surface area contributed by atoms with E-state index < -0.39 is 0 Å². The molecule has 21 heavy (non-hydrogen) atoms. The van der Waals surface area contributed by atoms with E-state index >= 15 is 0 Å². The van der Waals surface area contributed by atoms with Crippen LogP contribution in [0.3, 0.4) is 0 Å². The highest BCUT2D eigenvalue weighted by Crippen LogP contribution is 2.24. The Balaban J connectivity index is 2.10. The van der Waals surface area contributed by atoms with Gasteiger partial charge in [-0.3, -0.25) is 9.69 Å². The number of hydrogen-bond acceptors (Lipinski definition) is 3. The minimum Gasteiger partial charge on any atom is -0.338 e. The topological polar surface area (TPSA) is 47.3 Å². The van der Waals surface area contributed by atoms with Gasteiger partial charge in [-0.15, -0.1) is 0 Å². The second-order valence-corrected chi connectivity index (χ2v) is 6.72. The smallest absolute Gasteiger partial charge is 0.264 e.